The number of carbonyl (C=O) groups excluding carboxylic acids is 1. The number of aromatic nitrogens is 4. The van der Waals surface area contributed by atoms with Crippen molar-refractivity contribution in [2.45, 2.75) is 0 Å². The van der Waals surface area contributed by atoms with Crippen LogP contribution in [0.1, 0.15) is 0 Å². The molecule has 2 aromatic heterocycles. The summed E-state index contributed by atoms with van der Waals surface area (Å²) in [6.07, 6.45) is 3.09. The van der Waals surface area contributed by atoms with Crippen molar-refractivity contribution in [2.75, 3.05) is 22.1 Å². The van der Waals surface area contributed by atoms with E-state index in [0.29, 0.717) is 22.9 Å². The molecule has 0 radical (unpaired) electrons. The van der Waals surface area contributed by atoms with Crippen molar-refractivity contribution in [3.8, 4) is 22.5 Å². The van der Waals surface area contributed by atoms with E-state index in [9.17, 15) is 9.18 Å². The highest BCUT2D eigenvalue weighted by atomic mass is 35.5. The maximum absolute atomic E-state index is 14.0. The average molecular weight is 465 g/mol. The first-order valence-electron chi connectivity index (χ1n) is 8.56. The van der Waals surface area contributed by atoms with E-state index in [4.69, 9.17) is 11.5 Å². The molecule has 0 saturated heterocycles. The number of nitrogens with zero attached hydrogens (tertiary/aromatic N) is 2. The predicted molar refractivity (Wildman–Crippen MR) is 124 cm³/mol. The van der Waals surface area contributed by atoms with Gasteiger partial charge in [0.15, 0.2) is 11.9 Å². The van der Waals surface area contributed by atoms with E-state index >= 15 is 0 Å². The number of hydrogen-bond acceptors (Lipinski definition) is 5. The van der Waals surface area contributed by atoms with Crippen molar-refractivity contribution < 1.29 is 9.18 Å². The summed E-state index contributed by atoms with van der Waals surface area (Å²) in [5, 5.41) is 5.33. The van der Waals surface area contributed by atoms with E-state index in [-0.39, 0.29) is 36.4 Å². The molecule has 2 aromatic carbocycles. The largest absolute Gasteiger partial charge is 0.369 e. The summed E-state index contributed by atoms with van der Waals surface area (Å²) in [5.74, 6) is 0.0114. The molecule has 0 fully saturated rings. The van der Waals surface area contributed by atoms with Crippen LogP contribution in [0.15, 0.2) is 54.9 Å². The van der Waals surface area contributed by atoms with Crippen molar-refractivity contribution in [1.29, 1.82) is 0 Å². The van der Waals surface area contributed by atoms with Gasteiger partial charge in [0, 0.05) is 22.5 Å². The molecular formula is C19H19Cl2FN8O. The van der Waals surface area contributed by atoms with Crippen molar-refractivity contribution in [3.63, 3.8) is 0 Å². The molecule has 0 saturated carbocycles. The fraction of sp³-hybridized carbons (Fsp3) is 0. The van der Waals surface area contributed by atoms with E-state index in [1.54, 1.807) is 30.5 Å². The summed E-state index contributed by atoms with van der Waals surface area (Å²) >= 11 is 0. The Kier molecular flexibility index (Phi) is 7.46. The molecule has 0 aliphatic carbocycles. The lowest BCUT2D eigenvalue weighted by atomic mass is 10.1. The number of imidazole rings is 2. The second-order valence-corrected chi connectivity index (χ2v) is 6.25. The first-order valence-corrected chi connectivity index (χ1v) is 8.56. The monoisotopic (exact) mass is 464 g/mol. The van der Waals surface area contributed by atoms with Gasteiger partial charge in [-0.15, -0.1) is 24.8 Å². The number of hydrogen-bond donors (Lipinski definition) is 6. The standard InChI is InChI=1S/C19H17FN8O.2ClH/c20-12-4-11(16-9-24-18(22)28-16)6-14(7-12)26-19(29)25-13-3-1-2-10(5-13)15-8-23-17(21)27-15;;/h1-9H,(H3,21,23,27)(H3,22,24,28)(H2,25,26,29);2*1H. The van der Waals surface area contributed by atoms with Crippen LogP contribution in [0.2, 0.25) is 0 Å². The van der Waals surface area contributed by atoms with Crippen molar-refractivity contribution >= 4 is 54.1 Å². The number of nitrogen functional groups attached to an aromatic ring is 2. The number of rotatable bonds is 4. The number of anilines is 4. The fourth-order valence-electron chi connectivity index (χ4n) is 2.84. The third kappa shape index (κ3) is 5.65. The number of amides is 2. The molecule has 2 amide bonds. The second kappa shape index (κ2) is 9.83. The zero-order chi connectivity index (χ0) is 20.4. The Balaban J connectivity index is 0.00000171. The Bertz CT molecular complexity index is 1190. The summed E-state index contributed by atoms with van der Waals surface area (Å²) in [6.45, 7) is 0. The number of carbonyl (C=O) groups is 1. The summed E-state index contributed by atoms with van der Waals surface area (Å²) in [4.78, 5) is 26.0. The summed E-state index contributed by atoms with van der Waals surface area (Å²) in [5.41, 5.74) is 14.6. The van der Waals surface area contributed by atoms with Crippen LogP contribution < -0.4 is 22.1 Å². The lowest BCUT2D eigenvalue weighted by Gasteiger charge is -2.10. The van der Waals surface area contributed by atoms with E-state index in [0.717, 1.165) is 11.3 Å². The zero-order valence-corrected chi connectivity index (χ0v) is 17.5. The van der Waals surface area contributed by atoms with Crippen LogP contribution in [0.3, 0.4) is 0 Å². The average Bonchev–Trinajstić information content (AvgIpc) is 3.30. The number of benzene rings is 2. The number of urea groups is 1. The van der Waals surface area contributed by atoms with Crippen LogP contribution >= 0.6 is 24.8 Å². The summed E-state index contributed by atoms with van der Waals surface area (Å²) in [6, 6.07) is 10.7. The molecular weight excluding hydrogens is 446 g/mol. The number of halogens is 3. The number of nitrogens with one attached hydrogen (secondary N) is 4. The molecule has 0 bridgehead atoms. The van der Waals surface area contributed by atoms with Gasteiger partial charge in [-0.05, 0) is 30.3 Å². The third-order valence-corrected chi connectivity index (χ3v) is 4.09. The van der Waals surface area contributed by atoms with Crippen LogP contribution in [0.4, 0.5) is 32.5 Å². The molecule has 4 aromatic rings. The molecule has 0 aliphatic rings. The van der Waals surface area contributed by atoms with Gasteiger partial charge in [-0.25, -0.2) is 19.2 Å². The first kappa shape index (κ1) is 23.5. The molecule has 9 nitrogen and oxygen atoms in total. The maximum atomic E-state index is 14.0. The SMILES string of the molecule is Cl.Cl.Nc1ncc(-c2cccc(NC(=O)Nc3cc(F)cc(-c4cnc(N)[nH]4)c3)c2)[nH]1. The Morgan fingerprint density at radius 2 is 1.42 bits per heavy atom. The Hall–Kier alpha value is -3.76. The minimum Gasteiger partial charge on any atom is -0.369 e. The molecule has 0 spiro atoms. The smallest absolute Gasteiger partial charge is 0.323 e. The molecule has 12 heteroatoms. The van der Waals surface area contributed by atoms with Crippen LogP contribution in [0, 0.1) is 5.82 Å². The van der Waals surface area contributed by atoms with Gasteiger partial charge in [0.05, 0.1) is 23.8 Å². The van der Waals surface area contributed by atoms with Crippen LogP contribution in [-0.4, -0.2) is 26.0 Å². The minimum absolute atomic E-state index is 0. The Labute approximate surface area is 188 Å². The van der Waals surface area contributed by atoms with Gasteiger partial charge in [-0.1, -0.05) is 12.1 Å². The quantitative estimate of drug-likeness (QED) is 0.266. The van der Waals surface area contributed by atoms with Gasteiger partial charge in [-0.3, -0.25) is 0 Å². The highest BCUT2D eigenvalue weighted by Crippen LogP contribution is 2.24. The lowest BCUT2D eigenvalue weighted by Crippen LogP contribution is -2.19. The molecule has 8 N–H and O–H groups in total. The highest BCUT2D eigenvalue weighted by molar-refractivity contribution is 6.00. The van der Waals surface area contributed by atoms with Gasteiger partial charge in [0.25, 0.3) is 0 Å². The topological polar surface area (TPSA) is 151 Å². The van der Waals surface area contributed by atoms with Gasteiger partial charge in [0.1, 0.15) is 5.82 Å². The molecule has 0 unspecified atom stereocenters. The van der Waals surface area contributed by atoms with E-state index < -0.39 is 11.8 Å². The molecule has 4 rings (SSSR count). The molecule has 0 atom stereocenters. The maximum Gasteiger partial charge on any atom is 0.323 e. The number of nitrogens with two attached hydrogens (primary N) is 2. The first-order chi connectivity index (χ1) is 14.0. The van der Waals surface area contributed by atoms with Crippen molar-refractivity contribution in [3.05, 3.63) is 60.7 Å². The highest BCUT2D eigenvalue weighted by Gasteiger charge is 2.09. The van der Waals surface area contributed by atoms with Gasteiger partial charge >= 0.3 is 6.03 Å². The van der Waals surface area contributed by atoms with E-state index in [1.807, 2.05) is 6.07 Å². The summed E-state index contributed by atoms with van der Waals surface area (Å²) in [7, 11) is 0. The third-order valence-electron chi connectivity index (χ3n) is 4.09. The molecule has 31 heavy (non-hydrogen) atoms. The van der Waals surface area contributed by atoms with Crippen LogP contribution in [0.5, 0.6) is 0 Å². The zero-order valence-electron chi connectivity index (χ0n) is 15.8. The fourth-order valence-corrected chi connectivity index (χ4v) is 2.84. The van der Waals surface area contributed by atoms with Crippen molar-refractivity contribution in [2.24, 2.45) is 0 Å². The lowest BCUT2D eigenvalue weighted by molar-refractivity contribution is 0.262. The molecule has 0 aliphatic heterocycles. The number of aromatic amines is 2. The Morgan fingerprint density at radius 1 is 0.839 bits per heavy atom. The molecule has 162 valence electrons. The van der Waals surface area contributed by atoms with E-state index in [2.05, 4.69) is 30.6 Å². The van der Waals surface area contributed by atoms with Gasteiger partial charge in [0.2, 0.25) is 0 Å². The predicted octanol–water partition coefficient (Wildman–Crippen LogP) is 4.26. The molecule has 2 heterocycles. The van der Waals surface area contributed by atoms with Crippen molar-refractivity contribution in [1.82, 2.24) is 19.9 Å². The van der Waals surface area contributed by atoms with Gasteiger partial charge in [-0.2, -0.15) is 0 Å². The van der Waals surface area contributed by atoms with Crippen LogP contribution in [0.25, 0.3) is 22.5 Å². The number of H-pyrrole nitrogens is 2. The minimum atomic E-state index is -0.521. The second-order valence-electron chi connectivity index (χ2n) is 6.25. The van der Waals surface area contributed by atoms with Gasteiger partial charge < -0.3 is 32.1 Å². The normalized spacial score (nSPS) is 9.97. The Morgan fingerprint density at radius 3 is 2.03 bits per heavy atom. The van der Waals surface area contributed by atoms with E-state index in [1.165, 1.54) is 18.3 Å². The van der Waals surface area contributed by atoms with Crippen LogP contribution in [-0.2, 0) is 0 Å². The summed E-state index contributed by atoms with van der Waals surface area (Å²) < 4.78 is 14.0.